The molecule has 0 amide bonds. The minimum absolute atomic E-state index is 0.0380. The number of para-hydroxylation sites is 1. The van der Waals surface area contributed by atoms with Gasteiger partial charge in [-0.05, 0) is 12.1 Å². The van der Waals surface area contributed by atoms with Gasteiger partial charge < -0.3 is 13.9 Å². The van der Waals surface area contributed by atoms with Crippen molar-refractivity contribution in [3.63, 3.8) is 0 Å². The molecular weight excluding hydrogens is 294 g/mol. The number of hydrogen-bond donors (Lipinski definition) is 0. The van der Waals surface area contributed by atoms with Crippen molar-refractivity contribution < 1.29 is 18.7 Å². The van der Waals surface area contributed by atoms with Crippen LogP contribution in [0.15, 0.2) is 65.2 Å². The first-order valence-electron chi connectivity index (χ1n) is 7.08. The molecule has 0 saturated heterocycles. The average molecular weight is 309 g/mol. The SMILES string of the molecule is COc1ccccc1C(=O)OCc1ncc(-c2ccccc2)o1. The van der Waals surface area contributed by atoms with Crippen molar-refractivity contribution in [1.82, 2.24) is 4.98 Å². The summed E-state index contributed by atoms with van der Waals surface area (Å²) in [5.41, 5.74) is 1.28. The summed E-state index contributed by atoms with van der Waals surface area (Å²) in [7, 11) is 1.51. The van der Waals surface area contributed by atoms with Gasteiger partial charge in [0.25, 0.3) is 0 Å². The summed E-state index contributed by atoms with van der Waals surface area (Å²) in [5.74, 6) is 0.956. The van der Waals surface area contributed by atoms with Crippen molar-refractivity contribution in [2.45, 2.75) is 6.61 Å². The molecule has 23 heavy (non-hydrogen) atoms. The van der Waals surface area contributed by atoms with Crippen LogP contribution in [0.3, 0.4) is 0 Å². The summed E-state index contributed by atoms with van der Waals surface area (Å²) in [6.45, 7) is -0.0380. The number of ether oxygens (including phenoxy) is 2. The van der Waals surface area contributed by atoms with Crippen LogP contribution in [-0.4, -0.2) is 18.1 Å². The van der Waals surface area contributed by atoms with Crippen molar-refractivity contribution in [2.24, 2.45) is 0 Å². The molecule has 1 heterocycles. The number of nitrogens with zero attached hydrogens (tertiary/aromatic N) is 1. The lowest BCUT2D eigenvalue weighted by Crippen LogP contribution is -2.07. The number of hydrogen-bond acceptors (Lipinski definition) is 5. The summed E-state index contributed by atoms with van der Waals surface area (Å²) in [6.07, 6.45) is 1.61. The van der Waals surface area contributed by atoms with E-state index >= 15 is 0 Å². The highest BCUT2D eigenvalue weighted by molar-refractivity contribution is 5.92. The number of esters is 1. The zero-order valence-electron chi connectivity index (χ0n) is 12.6. The quantitative estimate of drug-likeness (QED) is 0.672. The van der Waals surface area contributed by atoms with Gasteiger partial charge in [-0.3, -0.25) is 0 Å². The van der Waals surface area contributed by atoms with E-state index in [1.54, 1.807) is 30.5 Å². The van der Waals surface area contributed by atoms with Crippen LogP contribution in [0.25, 0.3) is 11.3 Å². The normalized spacial score (nSPS) is 10.3. The van der Waals surface area contributed by atoms with Crippen LogP contribution < -0.4 is 4.74 Å². The number of benzene rings is 2. The lowest BCUT2D eigenvalue weighted by Gasteiger charge is -2.07. The van der Waals surface area contributed by atoms with Gasteiger partial charge in [-0.15, -0.1) is 0 Å². The molecule has 116 valence electrons. The van der Waals surface area contributed by atoms with Crippen LogP contribution >= 0.6 is 0 Å². The fraction of sp³-hybridized carbons (Fsp3) is 0.111. The molecule has 1 aromatic heterocycles. The first-order chi connectivity index (χ1) is 11.3. The fourth-order valence-electron chi connectivity index (χ4n) is 2.13. The number of aromatic nitrogens is 1. The second kappa shape index (κ2) is 6.79. The summed E-state index contributed by atoms with van der Waals surface area (Å²) in [4.78, 5) is 16.2. The van der Waals surface area contributed by atoms with Crippen molar-refractivity contribution in [3.8, 4) is 17.1 Å². The van der Waals surface area contributed by atoms with E-state index < -0.39 is 5.97 Å². The van der Waals surface area contributed by atoms with Crippen molar-refractivity contribution in [1.29, 1.82) is 0 Å². The Labute approximate surface area is 133 Å². The maximum Gasteiger partial charge on any atom is 0.342 e. The maximum atomic E-state index is 12.1. The van der Waals surface area contributed by atoms with Gasteiger partial charge in [0.2, 0.25) is 5.89 Å². The predicted octanol–water partition coefficient (Wildman–Crippen LogP) is 3.71. The molecule has 0 bridgehead atoms. The number of carbonyl (C=O) groups is 1. The van der Waals surface area contributed by atoms with Crippen molar-refractivity contribution in [3.05, 3.63) is 72.2 Å². The van der Waals surface area contributed by atoms with Crippen LogP contribution in [0.2, 0.25) is 0 Å². The van der Waals surface area contributed by atoms with E-state index in [0.29, 0.717) is 23.0 Å². The number of rotatable bonds is 5. The van der Waals surface area contributed by atoms with Gasteiger partial charge >= 0.3 is 5.97 Å². The Kier molecular flexibility index (Phi) is 4.38. The lowest BCUT2D eigenvalue weighted by molar-refractivity contribution is 0.0435. The van der Waals surface area contributed by atoms with Crippen LogP contribution in [0.4, 0.5) is 0 Å². The van der Waals surface area contributed by atoms with E-state index in [1.165, 1.54) is 7.11 Å². The number of oxazole rings is 1. The smallest absolute Gasteiger partial charge is 0.342 e. The average Bonchev–Trinajstić information content (AvgIpc) is 3.09. The Morgan fingerprint density at radius 1 is 1.09 bits per heavy atom. The van der Waals surface area contributed by atoms with E-state index in [4.69, 9.17) is 13.9 Å². The summed E-state index contributed by atoms with van der Waals surface area (Å²) in [5, 5.41) is 0. The Balaban J connectivity index is 1.67. The van der Waals surface area contributed by atoms with Gasteiger partial charge in [-0.1, -0.05) is 42.5 Å². The molecule has 0 atom stereocenters. The van der Waals surface area contributed by atoms with Gasteiger partial charge in [-0.25, -0.2) is 9.78 Å². The van der Waals surface area contributed by atoms with E-state index in [-0.39, 0.29) is 6.61 Å². The molecule has 0 aliphatic heterocycles. The topological polar surface area (TPSA) is 61.6 Å². The highest BCUT2D eigenvalue weighted by Crippen LogP contribution is 2.21. The molecule has 0 spiro atoms. The Hall–Kier alpha value is -3.08. The third-order valence-electron chi connectivity index (χ3n) is 3.27. The summed E-state index contributed by atoms with van der Waals surface area (Å²) < 4.78 is 16.0. The van der Waals surface area contributed by atoms with Gasteiger partial charge in [0, 0.05) is 5.56 Å². The third kappa shape index (κ3) is 3.40. The molecular formula is C18H15NO4. The standard InChI is InChI=1S/C18H15NO4/c1-21-15-10-6-5-9-14(15)18(20)22-12-17-19-11-16(23-17)13-7-3-2-4-8-13/h2-11H,12H2,1H3. The van der Waals surface area contributed by atoms with Crippen LogP contribution in [0, 0.1) is 0 Å². The monoisotopic (exact) mass is 309 g/mol. The van der Waals surface area contributed by atoms with Gasteiger partial charge in [-0.2, -0.15) is 0 Å². The minimum atomic E-state index is -0.484. The Morgan fingerprint density at radius 3 is 2.61 bits per heavy atom. The van der Waals surface area contributed by atoms with Crippen LogP contribution in [0.1, 0.15) is 16.2 Å². The van der Waals surface area contributed by atoms with E-state index in [2.05, 4.69) is 4.98 Å². The molecule has 3 rings (SSSR count). The van der Waals surface area contributed by atoms with Crippen LogP contribution in [0.5, 0.6) is 5.75 Å². The van der Waals surface area contributed by atoms with E-state index in [9.17, 15) is 4.79 Å². The zero-order chi connectivity index (χ0) is 16.1. The Morgan fingerprint density at radius 2 is 1.83 bits per heavy atom. The minimum Gasteiger partial charge on any atom is -0.496 e. The fourth-order valence-corrected chi connectivity index (χ4v) is 2.13. The number of methoxy groups -OCH3 is 1. The van der Waals surface area contributed by atoms with E-state index in [0.717, 1.165) is 5.56 Å². The largest absolute Gasteiger partial charge is 0.496 e. The molecule has 0 N–H and O–H groups in total. The number of carbonyl (C=O) groups excluding carboxylic acids is 1. The molecule has 0 saturated carbocycles. The molecule has 2 aromatic carbocycles. The molecule has 0 aliphatic rings. The van der Waals surface area contributed by atoms with Gasteiger partial charge in [0.15, 0.2) is 12.4 Å². The van der Waals surface area contributed by atoms with Gasteiger partial charge in [0.1, 0.15) is 11.3 Å². The first-order valence-corrected chi connectivity index (χ1v) is 7.08. The molecule has 0 aliphatic carbocycles. The van der Waals surface area contributed by atoms with E-state index in [1.807, 2.05) is 30.3 Å². The molecule has 5 nitrogen and oxygen atoms in total. The molecule has 3 aromatic rings. The second-order valence-electron chi connectivity index (χ2n) is 4.76. The highest BCUT2D eigenvalue weighted by Gasteiger charge is 2.14. The second-order valence-corrected chi connectivity index (χ2v) is 4.76. The summed E-state index contributed by atoms with van der Waals surface area (Å²) >= 11 is 0. The molecule has 0 unspecified atom stereocenters. The van der Waals surface area contributed by atoms with Gasteiger partial charge in [0.05, 0.1) is 13.3 Å². The zero-order valence-corrected chi connectivity index (χ0v) is 12.6. The lowest BCUT2D eigenvalue weighted by atomic mass is 10.2. The van der Waals surface area contributed by atoms with Crippen LogP contribution in [-0.2, 0) is 11.3 Å². The maximum absolute atomic E-state index is 12.1. The molecule has 0 radical (unpaired) electrons. The summed E-state index contributed by atoms with van der Waals surface area (Å²) in [6, 6.07) is 16.5. The Bertz CT molecular complexity index is 796. The highest BCUT2D eigenvalue weighted by atomic mass is 16.5. The van der Waals surface area contributed by atoms with Crippen molar-refractivity contribution in [2.75, 3.05) is 7.11 Å². The first kappa shape index (κ1) is 14.8. The van der Waals surface area contributed by atoms with Crippen molar-refractivity contribution >= 4 is 5.97 Å². The predicted molar refractivity (Wildman–Crippen MR) is 84.1 cm³/mol. The molecule has 5 heteroatoms. The molecule has 0 fully saturated rings. The third-order valence-corrected chi connectivity index (χ3v) is 3.27.